The number of hydrogen-bond donors (Lipinski definition) is 2. The van der Waals surface area contributed by atoms with Crippen LogP contribution >= 0.6 is 11.8 Å². The fourth-order valence-electron chi connectivity index (χ4n) is 3.36. The number of carbonyl (C=O) groups excluding carboxylic acids is 2. The van der Waals surface area contributed by atoms with Gasteiger partial charge in [-0.1, -0.05) is 18.2 Å². The summed E-state index contributed by atoms with van der Waals surface area (Å²) in [5.41, 5.74) is -0.107. The Hall–Kier alpha value is -2.81. The smallest absolute Gasteiger partial charge is 0.296 e. The first kappa shape index (κ1) is 19.9. The van der Waals surface area contributed by atoms with Gasteiger partial charge in [0.15, 0.2) is 5.69 Å². The van der Waals surface area contributed by atoms with Gasteiger partial charge in [0.05, 0.1) is 6.04 Å². The molecule has 1 unspecified atom stereocenters. The number of nitrogens with one attached hydrogen (secondary N) is 1. The number of thioether (sulfide) groups is 1. The van der Waals surface area contributed by atoms with Gasteiger partial charge >= 0.3 is 0 Å². The summed E-state index contributed by atoms with van der Waals surface area (Å²) in [6.45, 7) is 0.809. The number of carbonyl (C=O) groups is 2. The Labute approximate surface area is 166 Å². The summed E-state index contributed by atoms with van der Waals surface area (Å²) in [6.07, 6.45) is 4.09. The van der Waals surface area contributed by atoms with Crippen molar-refractivity contribution >= 4 is 24.1 Å². The molecule has 2 heterocycles. The van der Waals surface area contributed by atoms with E-state index in [1.807, 2.05) is 30.5 Å². The number of benzene rings is 1. The highest BCUT2D eigenvalue weighted by atomic mass is 32.2. The number of aromatic hydroxyl groups is 1. The molecule has 1 atom stereocenters. The van der Waals surface area contributed by atoms with Gasteiger partial charge in [-0.25, -0.2) is 4.98 Å². The van der Waals surface area contributed by atoms with E-state index in [0.717, 1.165) is 23.3 Å². The van der Waals surface area contributed by atoms with E-state index < -0.39 is 17.2 Å². The van der Waals surface area contributed by atoms with Crippen molar-refractivity contribution in [2.24, 2.45) is 7.05 Å². The summed E-state index contributed by atoms with van der Waals surface area (Å²) in [6, 6.07) is 7.25. The number of aromatic nitrogens is 2. The molecular weight excluding hydrogens is 380 g/mol. The van der Waals surface area contributed by atoms with Crippen molar-refractivity contribution in [3.8, 4) is 5.75 Å². The van der Waals surface area contributed by atoms with Crippen LogP contribution in [0.15, 0.2) is 34.0 Å². The number of nitrogens with zero attached hydrogens (tertiary/aromatic N) is 3. The molecule has 1 saturated heterocycles. The molecule has 9 heteroatoms. The molecule has 0 spiro atoms. The van der Waals surface area contributed by atoms with E-state index in [1.54, 1.807) is 16.7 Å². The second kappa shape index (κ2) is 8.47. The molecule has 28 heavy (non-hydrogen) atoms. The molecule has 1 aliphatic rings. The van der Waals surface area contributed by atoms with E-state index in [9.17, 15) is 19.5 Å². The molecule has 1 aromatic carbocycles. The van der Waals surface area contributed by atoms with E-state index in [0.29, 0.717) is 18.8 Å². The first-order valence-corrected chi connectivity index (χ1v) is 10.1. The number of hydrogen-bond acceptors (Lipinski definition) is 6. The van der Waals surface area contributed by atoms with Crippen LogP contribution < -0.4 is 10.9 Å². The molecule has 2 aromatic rings. The molecule has 0 radical (unpaired) electrons. The van der Waals surface area contributed by atoms with Gasteiger partial charge < -0.3 is 15.3 Å². The third kappa shape index (κ3) is 3.75. The summed E-state index contributed by atoms with van der Waals surface area (Å²) in [4.78, 5) is 43.2. The molecule has 1 fully saturated rings. The van der Waals surface area contributed by atoms with Gasteiger partial charge in [0, 0.05) is 25.0 Å². The standard InChI is InChI=1S/C19H22N4O4S/c1-22-17(13-7-5-9-23(13)11-24)21-15(16(25)19(22)27)18(26)20-10-12-6-3-4-8-14(12)28-2/h3-4,6,8,11,13,25H,5,7,9-10H2,1-2H3,(H,20,26). The van der Waals surface area contributed by atoms with Crippen LogP contribution in [-0.2, 0) is 18.4 Å². The first-order chi connectivity index (χ1) is 13.5. The summed E-state index contributed by atoms with van der Waals surface area (Å²) >= 11 is 1.56. The maximum atomic E-state index is 12.6. The van der Waals surface area contributed by atoms with Crippen LogP contribution in [0.2, 0.25) is 0 Å². The number of rotatable bonds is 6. The third-order valence-electron chi connectivity index (χ3n) is 4.88. The Balaban J connectivity index is 1.89. The average molecular weight is 402 g/mol. The Morgan fingerprint density at radius 2 is 2.18 bits per heavy atom. The lowest BCUT2D eigenvalue weighted by atomic mass is 10.2. The molecular formula is C19H22N4O4S. The van der Waals surface area contributed by atoms with Crippen molar-refractivity contribution in [1.82, 2.24) is 19.8 Å². The quantitative estimate of drug-likeness (QED) is 0.560. The van der Waals surface area contributed by atoms with Crippen molar-refractivity contribution in [1.29, 1.82) is 0 Å². The average Bonchev–Trinajstić information content (AvgIpc) is 3.19. The fourth-order valence-corrected chi connectivity index (χ4v) is 3.98. The van der Waals surface area contributed by atoms with Crippen molar-refractivity contribution in [3.05, 3.63) is 51.7 Å². The van der Waals surface area contributed by atoms with Gasteiger partial charge in [-0.2, -0.15) is 0 Å². The van der Waals surface area contributed by atoms with E-state index in [2.05, 4.69) is 10.3 Å². The summed E-state index contributed by atoms with van der Waals surface area (Å²) < 4.78 is 1.20. The minimum atomic E-state index is -0.711. The number of amides is 2. The maximum absolute atomic E-state index is 12.6. The van der Waals surface area contributed by atoms with Gasteiger partial charge in [0.25, 0.3) is 11.5 Å². The zero-order valence-electron chi connectivity index (χ0n) is 15.7. The number of likely N-dealkylation sites (tertiary alicyclic amines) is 1. The molecule has 2 N–H and O–H groups in total. The van der Waals surface area contributed by atoms with E-state index in [-0.39, 0.29) is 18.3 Å². The SMILES string of the molecule is CSc1ccccc1CNC(=O)c1nc(C2CCCN2C=O)n(C)c(=O)c1O. The topological polar surface area (TPSA) is 105 Å². The van der Waals surface area contributed by atoms with Crippen molar-refractivity contribution < 1.29 is 14.7 Å². The first-order valence-electron chi connectivity index (χ1n) is 8.89. The Morgan fingerprint density at radius 1 is 1.43 bits per heavy atom. The van der Waals surface area contributed by atoms with Gasteiger partial charge in [-0.05, 0) is 30.7 Å². The molecule has 1 aromatic heterocycles. The van der Waals surface area contributed by atoms with Gasteiger partial charge in [0.2, 0.25) is 12.2 Å². The Morgan fingerprint density at radius 3 is 2.89 bits per heavy atom. The second-order valence-electron chi connectivity index (χ2n) is 6.53. The zero-order valence-corrected chi connectivity index (χ0v) is 16.5. The van der Waals surface area contributed by atoms with Crippen molar-refractivity contribution in [2.45, 2.75) is 30.3 Å². The molecule has 0 saturated carbocycles. The van der Waals surface area contributed by atoms with Crippen LogP contribution in [0, 0.1) is 0 Å². The van der Waals surface area contributed by atoms with Gasteiger partial charge in [0.1, 0.15) is 5.82 Å². The van der Waals surface area contributed by atoms with Crippen molar-refractivity contribution in [3.63, 3.8) is 0 Å². The predicted octanol–water partition coefficient (Wildman–Crippen LogP) is 1.43. The lowest BCUT2D eigenvalue weighted by Gasteiger charge is -2.22. The second-order valence-corrected chi connectivity index (χ2v) is 7.38. The normalized spacial score (nSPS) is 16.2. The minimum absolute atomic E-state index is 0.241. The molecule has 2 amide bonds. The molecule has 148 valence electrons. The summed E-state index contributed by atoms with van der Waals surface area (Å²) in [5, 5.41) is 12.9. The molecule has 0 aliphatic carbocycles. The lowest BCUT2D eigenvalue weighted by Crippen LogP contribution is -2.33. The largest absolute Gasteiger partial charge is 0.501 e. The van der Waals surface area contributed by atoms with Crippen LogP contribution in [0.4, 0.5) is 0 Å². The third-order valence-corrected chi connectivity index (χ3v) is 5.71. The fraction of sp³-hybridized carbons (Fsp3) is 0.368. The Bertz CT molecular complexity index is 959. The van der Waals surface area contributed by atoms with Gasteiger partial charge in [-0.15, -0.1) is 11.8 Å². The van der Waals surface area contributed by atoms with E-state index in [4.69, 9.17) is 0 Å². The summed E-state index contributed by atoms with van der Waals surface area (Å²) in [5.74, 6) is -1.04. The highest BCUT2D eigenvalue weighted by molar-refractivity contribution is 7.98. The highest BCUT2D eigenvalue weighted by Crippen LogP contribution is 2.29. The molecule has 0 bridgehead atoms. The van der Waals surface area contributed by atoms with Crippen molar-refractivity contribution in [2.75, 3.05) is 12.8 Å². The Kier molecular flexibility index (Phi) is 6.03. The van der Waals surface area contributed by atoms with Crippen LogP contribution in [0.5, 0.6) is 5.75 Å². The monoisotopic (exact) mass is 402 g/mol. The van der Waals surface area contributed by atoms with Crippen LogP contribution in [0.3, 0.4) is 0 Å². The van der Waals surface area contributed by atoms with Crippen LogP contribution in [0.1, 0.15) is 40.8 Å². The molecule has 3 rings (SSSR count). The zero-order chi connectivity index (χ0) is 20.3. The van der Waals surface area contributed by atoms with E-state index in [1.165, 1.54) is 11.6 Å². The lowest BCUT2D eigenvalue weighted by molar-refractivity contribution is -0.119. The maximum Gasteiger partial charge on any atom is 0.296 e. The van der Waals surface area contributed by atoms with Gasteiger partial charge in [-0.3, -0.25) is 19.0 Å². The summed E-state index contributed by atoms with van der Waals surface area (Å²) in [7, 11) is 1.47. The highest BCUT2D eigenvalue weighted by Gasteiger charge is 2.30. The minimum Gasteiger partial charge on any atom is -0.501 e. The van der Waals surface area contributed by atoms with Crippen LogP contribution in [-0.4, -0.2) is 44.7 Å². The molecule has 1 aliphatic heterocycles. The molecule has 8 nitrogen and oxygen atoms in total. The van der Waals surface area contributed by atoms with Crippen LogP contribution in [0.25, 0.3) is 0 Å². The predicted molar refractivity (Wildman–Crippen MR) is 105 cm³/mol. The van der Waals surface area contributed by atoms with E-state index >= 15 is 0 Å².